The third-order valence-corrected chi connectivity index (χ3v) is 5.63. The van der Waals surface area contributed by atoms with Gasteiger partial charge in [0.15, 0.2) is 0 Å². The number of halogens is 3. The Morgan fingerprint density at radius 3 is 2.53 bits per heavy atom. The molecule has 30 heavy (non-hydrogen) atoms. The fourth-order valence-electron chi connectivity index (χ4n) is 3.42. The highest BCUT2D eigenvalue weighted by atomic mass is 35.5. The molecule has 6 nitrogen and oxygen atoms in total. The summed E-state index contributed by atoms with van der Waals surface area (Å²) in [6, 6.07) is 7.42. The van der Waals surface area contributed by atoms with Crippen LogP contribution in [0.3, 0.4) is 0 Å². The minimum Gasteiger partial charge on any atom is -0.368 e. The topological polar surface area (TPSA) is 50.1 Å². The molecule has 1 aliphatic heterocycles. The molecule has 0 radical (unpaired) electrons. The lowest BCUT2D eigenvalue weighted by atomic mass is 10.2. The van der Waals surface area contributed by atoms with Gasteiger partial charge in [0.1, 0.15) is 0 Å². The predicted molar refractivity (Wildman–Crippen MR) is 125 cm³/mol. The lowest BCUT2D eigenvalue weighted by Crippen LogP contribution is -2.46. The first-order valence-electron chi connectivity index (χ1n) is 9.53. The molecule has 1 aromatic carbocycles. The summed E-state index contributed by atoms with van der Waals surface area (Å²) in [6.07, 6.45) is 9.58. The molecule has 1 saturated heterocycles. The summed E-state index contributed by atoms with van der Waals surface area (Å²) in [5.74, 6) is 0.584. The van der Waals surface area contributed by atoms with Crippen molar-refractivity contribution in [3.8, 4) is 5.95 Å². The van der Waals surface area contributed by atoms with Crippen LogP contribution >= 0.6 is 35.6 Å². The van der Waals surface area contributed by atoms with Crippen molar-refractivity contribution < 1.29 is 0 Å². The number of hydrogen-bond acceptors (Lipinski definition) is 5. The molecule has 1 aliphatic rings. The Morgan fingerprint density at radius 2 is 1.80 bits per heavy atom. The number of rotatable bonds is 5. The highest BCUT2D eigenvalue weighted by molar-refractivity contribution is 6.35. The lowest BCUT2D eigenvalue weighted by Gasteiger charge is -2.36. The summed E-state index contributed by atoms with van der Waals surface area (Å²) in [5.41, 5.74) is 3.11. The molecule has 0 bridgehead atoms. The molecule has 0 atom stereocenters. The van der Waals surface area contributed by atoms with Gasteiger partial charge in [-0.3, -0.25) is 4.90 Å². The number of piperazine rings is 1. The summed E-state index contributed by atoms with van der Waals surface area (Å²) >= 11 is 12.5. The van der Waals surface area contributed by atoms with Crippen molar-refractivity contribution in [1.82, 2.24) is 24.6 Å². The maximum absolute atomic E-state index is 6.34. The number of hydrogen-bond donors (Lipinski definition) is 0. The average Bonchev–Trinajstić information content (AvgIpc) is 3.11. The van der Waals surface area contributed by atoms with Crippen LogP contribution in [0.15, 0.2) is 48.9 Å². The van der Waals surface area contributed by atoms with E-state index in [1.165, 1.54) is 0 Å². The van der Waals surface area contributed by atoms with Crippen LogP contribution in [0.1, 0.15) is 11.3 Å². The van der Waals surface area contributed by atoms with Gasteiger partial charge in [0.2, 0.25) is 0 Å². The van der Waals surface area contributed by atoms with Crippen molar-refractivity contribution in [2.75, 3.05) is 37.6 Å². The molecule has 0 spiro atoms. The van der Waals surface area contributed by atoms with Crippen molar-refractivity contribution in [3.05, 3.63) is 70.2 Å². The third kappa shape index (κ3) is 5.13. The Hall–Kier alpha value is -2.12. The highest BCUT2D eigenvalue weighted by Crippen LogP contribution is 2.29. The average molecular weight is 466 g/mol. The number of benzene rings is 1. The second kappa shape index (κ2) is 10.3. The highest BCUT2D eigenvalue weighted by Gasteiger charge is 2.18. The van der Waals surface area contributed by atoms with Gasteiger partial charge in [-0.1, -0.05) is 35.4 Å². The summed E-state index contributed by atoms with van der Waals surface area (Å²) in [5, 5.41) is 5.87. The van der Waals surface area contributed by atoms with Crippen LogP contribution in [0.4, 0.5) is 5.69 Å². The zero-order valence-electron chi connectivity index (χ0n) is 16.6. The minimum absolute atomic E-state index is 0. The first-order chi connectivity index (χ1) is 14.1. The minimum atomic E-state index is 0. The largest absolute Gasteiger partial charge is 0.368 e. The van der Waals surface area contributed by atoms with Gasteiger partial charge in [0.25, 0.3) is 5.95 Å². The van der Waals surface area contributed by atoms with E-state index in [2.05, 4.69) is 37.0 Å². The van der Waals surface area contributed by atoms with Crippen LogP contribution in [0.25, 0.3) is 12.0 Å². The number of nitrogens with zero attached hydrogens (tertiary/aromatic N) is 6. The van der Waals surface area contributed by atoms with E-state index in [1.807, 2.05) is 31.3 Å². The maximum Gasteiger partial charge on any atom is 0.250 e. The molecular formula is C21H23Cl3N6. The summed E-state index contributed by atoms with van der Waals surface area (Å²) in [4.78, 5) is 13.2. The van der Waals surface area contributed by atoms with Crippen LogP contribution in [0, 0.1) is 6.92 Å². The quantitative estimate of drug-likeness (QED) is 0.554. The Kier molecular flexibility index (Phi) is 7.72. The van der Waals surface area contributed by atoms with E-state index in [9.17, 15) is 0 Å². The van der Waals surface area contributed by atoms with Crippen LogP contribution in [-0.4, -0.2) is 57.4 Å². The van der Waals surface area contributed by atoms with Crippen molar-refractivity contribution in [2.45, 2.75) is 6.92 Å². The van der Waals surface area contributed by atoms with Crippen molar-refractivity contribution >= 4 is 47.4 Å². The Bertz CT molecular complexity index is 997. The fraction of sp³-hybridized carbons (Fsp3) is 0.286. The van der Waals surface area contributed by atoms with Crippen LogP contribution < -0.4 is 4.90 Å². The van der Waals surface area contributed by atoms with Gasteiger partial charge >= 0.3 is 0 Å². The van der Waals surface area contributed by atoms with Gasteiger partial charge < -0.3 is 4.90 Å². The second-order valence-electron chi connectivity index (χ2n) is 6.93. The standard InChI is InChI=1S/C21H22Cl2N6.ClH/c1-16-17(15-26-29(16)21-24-7-3-8-25-21)4-2-9-27-10-12-28(13-11-27)20-14-18(22)5-6-19(20)23;/h2-8,14-15H,9-13H2,1H3;1H/b4-2+;. The molecule has 0 saturated carbocycles. The predicted octanol–water partition coefficient (Wildman–Crippen LogP) is 4.53. The molecule has 3 aromatic rings. The van der Waals surface area contributed by atoms with E-state index in [0.717, 1.165) is 54.7 Å². The van der Waals surface area contributed by atoms with Crippen LogP contribution in [0.2, 0.25) is 10.0 Å². The Morgan fingerprint density at radius 1 is 1.07 bits per heavy atom. The summed E-state index contributed by atoms with van der Waals surface area (Å²) in [7, 11) is 0. The molecule has 0 aliphatic carbocycles. The number of aromatic nitrogens is 4. The SMILES string of the molecule is Cc1c(/C=C/CN2CCN(c3cc(Cl)ccc3Cl)CC2)cnn1-c1ncccn1.Cl. The monoisotopic (exact) mass is 464 g/mol. The van der Waals surface area contributed by atoms with Gasteiger partial charge in [-0.2, -0.15) is 5.10 Å². The zero-order chi connectivity index (χ0) is 20.2. The Balaban J connectivity index is 0.00000256. The normalized spacial score (nSPS) is 14.8. The van der Waals surface area contributed by atoms with Gasteiger partial charge in [-0.05, 0) is 31.2 Å². The van der Waals surface area contributed by atoms with Crippen molar-refractivity contribution in [1.29, 1.82) is 0 Å². The molecule has 0 N–H and O–H groups in total. The van der Waals surface area contributed by atoms with E-state index < -0.39 is 0 Å². The first kappa shape index (κ1) is 22.6. The molecule has 1 fully saturated rings. The van der Waals surface area contributed by atoms with E-state index in [0.29, 0.717) is 11.0 Å². The lowest BCUT2D eigenvalue weighted by molar-refractivity contribution is 0.284. The van der Waals surface area contributed by atoms with Crippen LogP contribution in [-0.2, 0) is 0 Å². The molecule has 158 valence electrons. The third-order valence-electron chi connectivity index (χ3n) is 5.07. The molecule has 0 unspecified atom stereocenters. The van der Waals surface area contributed by atoms with Gasteiger partial charge in [0.05, 0.1) is 22.6 Å². The molecular weight excluding hydrogens is 443 g/mol. The summed E-state index contributed by atoms with van der Waals surface area (Å²) < 4.78 is 1.76. The molecule has 4 rings (SSSR count). The second-order valence-corrected chi connectivity index (χ2v) is 7.78. The van der Waals surface area contributed by atoms with E-state index >= 15 is 0 Å². The molecule has 9 heteroatoms. The molecule has 3 heterocycles. The van der Waals surface area contributed by atoms with E-state index in [1.54, 1.807) is 23.1 Å². The fourth-order valence-corrected chi connectivity index (χ4v) is 3.82. The smallest absolute Gasteiger partial charge is 0.250 e. The summed E-state index contributed by atoms with van der Waals surface area (Å²) in [6.45, 7) is 6.72. The van der Waals surface area contributed by atoms with Crippen molar-refractivity contribution in [2.24, 2.45) is 0 Å². The van der Waals surface area contributed by atoms with Crippen molar-refractivity contribution in [3.63, 3.8) is 0 Å². The molecule has 2 aromatic heterocycles. The number of anilines is 1. The van der Waals surface area contributed by atoms with Gasteiger partial charge in [0, 0.05) is 55.7 Å². The Labute approximate surface area is 192 Å². The van der Waals surface area contributed by atoms with E-state index in [-0.39, 0.29) is 12.4 Å². The van der Waals surface area contributed by atoms with E-state index in [4.69, 9.17) is 23.2 Å². The maximum atomic E-state index is 6.34. The van der Waals surface area contributed by atoms with Gasteiger partial charge in [-0.25, -0.2) is 14.6 Å². The molecule has 0 amide bonds. The van der Waals surface area contributed by atoms with Crippen LogP contribution in [0.5, 0.6) is 0 Å². The zero-order valence-corrected chi connectivity index (χ0v) is 18.9. The first-order valence-corrected chi connectivity index (χ1v) is 10.3. The van der Waals surface area contributed by atoms with Gasteiger partial charge in [-0.15, -0.1) is 12.4 Å².